The molecule has 146 valence electrons. The van der Waals surface area contributed by atoms with Crippen LogP contribution in [0.5, 0.6) is 5.75 Å². The predicted molar refractivity (Wildman–Crippen MR) is 108 cm³/mol. The number of nitrogens with zero attached hydrogens (tertiary/aromatic N) is 1. The molecule has 0 radical (unpaired) electrons. The lowest BCUT2D eigenvalue weighted by Gasteiger charge is -2.19. The highest BCUT2D eigenvalue weighted by molar-refractivity contribution is 7.89. The molecule has 0 aromatic heterocycles. The number of amides is 1. The Morgan fingerprint density at radius 1 is 1.07 bits per heavy atom. The number of methoxy groups -OCH3 is 1. The van der Waals surface area contributed by atoms with Crippen LogP contribution < -0.4 is 10.1 Å². The summed E-state index contributed by atoms with van der Waals surface area (Å²) in [5, 5.41) is 3.13. The molecule has 2 aromatic carbocycles. The second kappa shape index (κ2) is 8.93. The average molecular weight is 431 g/mol. The van der Waals surface area contributed by atoms with E-state index in [2.05, 4.69) is 5.32 Å². The Bertz CT molecular complexity index is 944. The minimum Gasteiger partial charge on any atom is -0.495 e. The fraction of sp³-hybridized carbons (Fsp3) is 0.278. The predicted octanol–water partition coefficient (Wildman–Crippen LogP) is 4.28. The van der Waals surface area contributed by atoms with E-state index in [1.807, 2.05) is 0 Å². The number of anilines is 1. The van der Waals surface area contributed by atoms with Crippen molar-refractivity contribution in [3.63, 3.8) is 0 Å². The quantitative estimate of drug-likeness (QED) is 0.710. The van der Waals surface area contributed by atoms with Gasteiger partial charge in [-0.05, 0) is 36.4 Å². The summed E-state index contributed by atoms with van der Waals surface area (Å²) >= 11 is 12.2. The molecule has 1 amide bonds. The lowest BCUT2D eigenvalue weighted by atomic mass is 10.2. The van der Waals surface area contributed by atoms with Crippen molar-refractivity contribution in [3.8, 4) is 5.75 Å². The Kier molecular flexibility index (Phi) is 7.11. The zero-order chi connectivity index (χ0) is 20.2. The molecule has 0 aliphatic carbocycles. The molecule has 0 atom stereocenters. The fourth-order valence-electron chi connectivity index (χ4n) is 2.49. The number of carbonyl (C=O) groups excluding carboxylic acids is 1. The number of carbonyl (C=O) groups is 1. The SMILES string of the molecule is CCN(CC)S(=O)(=O)c1ccc(Cl)c(C(=O)Nc2ccc(OC)c(Cl)c2)c1. The molecule has 9 heteroatoms. The van der Waals surface area contributed by atoms with Crippen molar-refractivity contribution >= 4 is 44.8 Å². The maximum absolute atomic E-state index is 12.7. The summed E-state index contributed by atoms with van der Waals surface area (Å²) in [7, 11) is -2.22. The van der Waals surface area contributed by atoms with E-state index in [1.54, 1.807) is 26.0 Å². The van der Waals surface area contributed by atoms with E-state index in [4.69, 9.17) is 27.9 Å². The minimum atomic E-state index is -3.71. The Morgan fingerprint density at radius 3 is 2.30 bits per heavy atom. The number of hydrogen-bond acceptors (Lipinski definition) is 4. The molecule has 2 aromatic rings. The van der Waals surface area contributed by atoms with Gasteiger partial charge in [0.05, 0.1) is 27.6 Å². The molecule has 0 aliphatic rings. The normalized spacial score (nSPS) is 11.5. The molecule has 0 spiro atoms. The zero-order valence-corrected chi connectivity index (χ0v) is 17.5. The molecule has 0 bridgehead atoms. The van der Waals surface area contributed by atoms with Gasteiger partial charge in [-0.3, -0.25) is 4.79 Å². The molecule has 0 unspecified atom stereocenters. The Labute approximate surface area is 169 Å². The number of rotatable bonds is 7. The molecule has 0 saturated carbocycles. The van der Waals surface area contributed by atoms with Crippen LogP contribution in [0.2, 0.25) is 10.0 Å². The third kappa shape index (κ3) is 4.73. The first-order chi connectivity index (χ1) is 12.7. The third-order valence-corrected chi connectivity index (χ3v) is 6.61. The van der Waals surface area contributed by atoms with E-state index < -0.39 is 15.9 Å². The van der Waals surface area contributed by atoms with Crippen molar-refractivity contribution in [3.05, 3.63) is 52.0 Å². The minimum absolute atomic E-state index is 0.00788. The van der Waals surface area contributed by atoms with E-state index in [1.165, 1.54) is 35.7 Å². The number of sulfonamides is 1. The van der Waals surface area contributed by atoms with Gasteiger partial charge in [0.15, 0.2) is 0 Å². The zero-order valence-electron chi connectivity index (χ0n) is 15.1. The van der Waals surface area contributed by atoms with Crippen LogP contribution in [0.1, 0.15) is 24.2 Å². The fourth-order valence-corrected chi connectivity index (χ4v) is 4.44. The van der Waals surface area contributed by atoms with Crippen LogP contribution in [0.3, 0.4) is 0 Å². The average Bonchev–Trinajstić information content (AvgIpc) is 2.62. The second-order valence-corrected chi connectivity index (χ2v) is 8.29. The summed E-state index contributed by atoms with van der Waals surface area (Å²) in [6.07, 6.45) is 0. The number of ether oxygens (including phenoxy) is 1. The van der Waals surface area contributed by atoms with Crippen molar-refractivity contribution in [2.45, 2.75) is 18.7 Å². The van der Waals surface area contributed by atoms with Gasteiger partial charge in [0.2, 0.25) is 10.0 Å². The van der Waals surface area contributed by atoms with Crippen LogP contribution in [-0.4, -0.2) is 38.8 Å². The third-order valence-electron chi connectivity index (χ3n) is 3.94. The van der Waals surface area contributed by atoms with E-state index in [-0.39, 0.29) is 15.5 Å². The first kappa shape index (κ1) is 21.5. The number of nitrogens with one attached hydrogen (secondary N) is 1. The Morgan fingerprint density at radius 2 is 1.74 bits per heavy atom. The summed E-state index contributed by atoms with van der Waals surface area (Å²) in [6, 6.07) is 8.82. The number of hydrogen-bond donors (Lipinski definition) is 1. The highest BCUT2D eigenvalue weighted by Gasteiger charge is 2.24. The van der Waals surface area contributed by atoms with Crippen LogP contribution in [-0.2, 0) is 10.0 Å². The highest BCUT2D eigenvalue weighted by atomic mass is 35.5. The summed E-state index contributed by atoms with van der Waals surface area (Å²) < 4.78 is 31.7. The van der Waals surface area contributed by atoms with Crippen LogP contribution in [0.25, 0.3) is 0 Å². The molecule has 0 heterocycles. The van der Waals surface area contributed by atoms with Crippen molar-refractivity contribution in [2.24, 2.45) is 0 Å². The molecule has 0 fully saturated rings. The first-order valence-electron chi connectivity index (χ1n) is 8.19. The Hall–Kier alpha value is -1.80. The van der Waals surface area contributed by atoms with Gasteiger partial charge in [0, 0.05) is 18.8 Å². The van der Waals surface area contributed by atoms with Crippen molar-refractivity contribution < 1.29 is 17.9 Å². The molecule has 0 saturated heterocycles. The van der Waals surface area contributed by atoms with Crippen molar-refractivity contribution in [1.82, 2.24) is 4.31 Å². The molecular weight excluding hydrogens is 411 g/mol. The van der Waals surface area contributed by atoms with E-state index in [0.717, 1.165) is 0 Å². The van der Waals surface area contributed by atoms with Crippen LogP contribution in [0.15, 0.2) is 41.3 Å². The topological polar surface area (TPSA) is 75.7 Å². The number of halogens is 2. The maximum atomic E-state index is 12.7. The lowest BCUT2D eigenvalue weighted by Crippen LogP contribution is -2.30. The van der Waals surface area contributed by atoms with Crippen molar-refractivity contribution in [1.29, 1.82) is 0 Å². The summed E-state index contributed by atoms with van der Waals surface area (Å²) in [5.74, 6) is -0.0714. The van der Waals surface area contributed by atoms with Crippen LogP contribution in [0, 0.1) is 0 Å². The highest BCUT2D eigenvalue weighted by Crippen LogP contribution is 2.28. The van der Waals surface area contributed by atoms with Gasteiger partial charge < -0.3 is 10.1 Å². The van der Waals surface area contributed by atoms with Crippen LogP contribution in [0.4, 0.5) is 5.69 Å². The van der Waals surface area contributed by atoms with Gasteiger partial charge in [-0.2, -0.15) is 4.31 Å². The van der Waals surface area contributed by atoms with Crippen LogP contribution >= 0.6 is 23.2 Å². The van der Waals surface area contributed by atoms with E-state index in [0.29, 0.717) is 29.5 Å². The van der Waals surface area contributed by atoms with Gasteiger partial charge in [-0.1, -0.05) is 37.0 Å². The first-order valence-corrected chi connectivity index (χ1v) is 10.4. The molecule has 6 nitrogen and oxygen atoms in total. The van der Waals surface area contributed by atoms with Crippen molar-refractivity contribution in [2.75, 3.05) is 25.5 Å². The molecule has 27 heavy (non-hydrogen) atoms. The van der Waals surface area contributed by atoms with Gasteiger partial charge in [0.1, 0.15) is 5.75 Å². The van der Waals surface area contributed by atoms with E-state index in [9.17, 15) is 13.2 Å². The van der Waals surface area contributed by atoms with Gasteiger partial charge >= 0.3 is 0 Å². The van der Waals surface area contributed by atoms with Gasteiger partial charge in [0.25, 0.3) is 5.91 Å². The second-order valence-electron chi connectivity index (χ2n) is 5.53. The number of benzene rings is 2. The lowest BCUT2D eigenvalue weighted by molar-refractivity contribution is 0.102. The Balaban J connectivity index is 2.35. The molecule has 2 rings (SSSR count). The van der Waals surface area contributed by atoms with Gasteiger partial charge in [-0.25, -0.2) is 8.42 Å². The molecule has 1 N–H and O–H groups in total. The molecule has 0 aliphatic heterocycles. The summed E-state index contributed by atoms with van der Waals surface area (Å²) in [5.41, 5.74) is 0.482. The standard InChI is InChI=1S/C18H20Cl2N2O4S/c1-4-22(5-2)27(24,25)13-7-8-15(19)14(11-13)18(23)21-12-6-9-17(26-3)16(20)10-12/h6-11H,4-5H2,1-3H3,(H,21,23). The largest absolute Gasteiger partial charge is 0.495 e. The van der Waals surface area contributed by atoms with Gasteiger partial charge in [-0.15, -0.1) is 0 Å². The summed E-state index contributed by atoms with van der Waals surface area (Å²) in [4.78, 5) is 12.6. The monoisotopic (exact) mass is 430 g/mol. The smallest absolute Gasteiger partial charge is 0.257 e. The molecular formula is C18H20Cl2N2O4S. The summed E-state index contributed by atoms with van der Waals surface area (Å²) in [6.45, 7) is 4.15. The maximum Gasteiger partial charge on any atom is 0.257 e. The van der Waals surface area contributed by atoms with E-state index >= 15 is 0 Å².